The molecule has 6 nitrogen and oxygen atoms in total. The molecule has 0 saturated heterocycles. The lowest BCUT2D eigenvalue weighted by molar-refractivity contribution is -0.143. The van der Waals surface area contributed by atoms with Gasteiger partial charge in [-0.25, -0.2) is 4.98 Å². The SMILES string of the molecule is CCc1ccc(CC)c(C(=O)COC(=O)Cn2cnc3ccccc3c2=O)c1. The molecule has 3 rings (SSSR count). The van der Waals surface area contributed by atoms with Crippen molar-refractivity contribution in [2.75, 3.05) is 6.61 Å². The first-order chi connectivity index (χ1) is 13.5. The van der Waals surface area contributed by atoms with Gasteiger partial charge in [0, 0.05) is 5.56 Å². The van der Waals surface area contributed by atoms with Crippen LogP contribution >= 0.6 is 0 Å². The molecule has 3 aromatic rings. The summed E-state index contributed by atoms with van der Waals surface area (Å²) in [5.41, 5.74) is 2.81. The Kier molecular flexibility index (Phi) is 5.99. The molecule has 0 aliphatic carbocycles. The van der Waals surface area contributed by atoms with Crippen molar-refractivity contribution < 1.29 is 14.3 Å². The average Bonchev–Trinajstić information content (AvgIpc) is 2.73. The Labute approximate surface area is 162 Å². The zero-order valence-electron chi connectivity index (χ0n) is 16.0. The summed E-state index contributed by atoms with van der Waals surface area (Å²) >= 11 is 0. The molecule has 0 unspecified atom stereocenters. The summed E-state index contributed by atoms with van der Waals surface area (Å²) in [7, 11) is 0. The molecule has 0 saturated carbocycles. The van der Waals surface area contributed by atoms with Crippen molar-refractivity contribution in [3.8, 4) is 0 Å². The minimum absolute atomic E-state index is 0.246. The second-order valence-corrected chi connectivity index (χ2v) is 6.48. The standard InChI is InChI=1S/C22H22N2O4/c1-3-15-9-10-16(4-2)18(11-15)20(25)13-28-21(26)12-24-14-23-19-8-6-5-7-17(19)22(24)27/h5-11,14H,3-4,12-13H2,1-2H3. The van der Waals surface area contributed by atoms with Gasteiger partial charge in [-0.2, -0.15) is 0 Å². The van der Waals surface area contributed by atoms with Gasteiger partial charge in [-0.15, -0.1) is 0 Å². The molecule has 0 aliphatic heterocycles. The van der Waals surface area contributed by atoms with E-state index < -0.39 is 5.97 Å². The van der Waals surface area contributed by atoms with Gasteiger partial charge in [0.05, 0.1) is 17.2 Å². The molecular formula is C22H22N2O4. The Morgan fingerprint density at radius 2 is 1.86 bits per heavy atom. The summed E-state index contributed by atoms with van der Waals surface area (Å²) in [6.45, 7) is 3.35. The number of esters is 1. The van der Waals surface area contributed by atoms with Crippen LogP contribution in [0.25, 0.3) is 10.9 Å². The Balaban J connectivity index is 1.69. The molecular weight excluding hydrogens is 356 g/mol. The number of aryl methyl sites for hydroxylation is 2. The maximum absolute atomic E-state index is 12.5. The molecule has 0 bridgehead atoms. The number of nitrogens with zero attached hydrogens (tertiary/aromatic N) is 2. The van der Waals surface area contributed by atoms with Crippen molar-refractivity contribution in [3.63, 3.8) is 0 Å². The first-order valence-electron chi connectivity index (χ1n) is 9.28. The Hall–Kier alpha value is -3.28. The molecule has 0 spiro atoms. The third-order valence-electron chi connectivity index (χ3n) is 4.66. The summed E-state index contributed by atoms with van der Waals surface area (Å²) in [6.07, 6.45) is 2.85. The molecule has 1 heterocycles. The minimum Gasteiger partial charge on any atom is -0.456 e. The zero-order chi connectivity index (χ0) is 20.1. The fraction of sp³-hybridized carbons (Fsp3) is 0.273. The van der Waals surface area contributed by atoms with Crippen LogP contribution in [-0.2, 0) is 28.9 Å². The fourth-order valence-corrected chi connectivity index (χ4v) is 3.04. The number of ether oxygens (including phenoxy) is 1. The van der Waals surface area contributed by atoms with Crippen LogP contribution in [0.5, 0.6) is 0 Å². The van der Waals surface area contributed by atoms with E-state index in [0.717, 1.165) is 24.0 Å². The van der Waals surface area contributed by atoms with Crippen molar-refractivity contribution in [2.45, 2.75) is 33.2 Å². The summed E-state index contributed by atoms with van der Waals surface area (Å²) in [5.74, 6) is -0.901. The van der Waals surface area contributed by atoms with E-state index in [4.69, 9.17) is 4.74 Å². The van der Waals surface area contributed by atoms with Crippen LogP contribution in [0.1, 0.15) is 35.3 Å². The van der Waals surface area contributed by atoms with Crippen LogP contribution in [-0.4, -0.2) is 27.9 Å². The minimum atomic E-state index is -0.655. The van der Waals surface area contributed by atoms with Crippen LogP contribution in [0.4, 0.5) is 0 Å². The largest absolute Gasteiger partial charge is 0.456 e. The lowest BCUT2D eigenvalue weighted by atomic mass is 9.98. The molecule has 6 heteroatoms. The van der Waals surface area contributed by atoms with Gasteiger partial charge in [-0.3, -0.25) is 19.0 Å². The third-order valence-corrected chi connectivity index (χ3v) is 4.66. The number of hydrogen-bond donors (Lipinski definition) is 0. The van der Waals surface area contributed by atoms with Gasteiger partial charge in [0.25, 0.3) is 5.56 Å². The number of benzene rings is 2. The highest BCUT2D eigenvalue weighted by Gasteiger charge is 2.15. The Morgan fingerprint density at radius 3 is 2.61 bits per heavy atom. The Bertz CT molecular complexity index is 1090. The molecule has 0 N–H and O–H groups in total. The molecule has 28 heavy (non-hydrogen) atoms. The van der Waals surface area contributed by atoms with Gasteiger partial charge in [-0.1, -0.05) is 38.1 Å². The van der Waals surface area contributed by atoms with Crippen molar-refractivity contribution in [3.05, 3.63) is 75.8 Å². The average molecular weight is 378 g/mol. The molecule has 1 aromatic heterocycles. The fourth-order valence-electron chi connectivity index (χ4n) is 3.04. The van der Waals surface area contributed by atoms with E-state index >= 15 is 0 Å². The van der Waals surface area contributed by atoms with Gasteiger partial charge in [0.15, 0.2) is 6.61 Å². The van der Waals surface area contributed by atoms with E-state index in [1.807, 2.05) is 32.0 Å². The monoisotopic (exact) mass is 378 g/mol. The van der Waals surface area contributed by atoms with E-state index in [0.29, 0.717) is 16.5 Å². The number of hydrogen-bond acceptors (Lipinski definition) is 5. The maximum Gasteiger partial charge on any atom is 0.326 e. The molecule has 0 fully saturated rings. The summed E-state index contributed by atoms with van der Waals surface area (Å²) in [6, 6.07) is 12.7. The van der Waals surface area contributed by atoms with Crippen molar-refractivity contribution in [2.24, 2.45) is 0 Å². The van der Waals surface area contributed by atoms with Crippen LogP contribution in [0.3, 0.4) is 0 Å². The summed E-state index contributed by atoms with van der Waals surface area (Å²) < 4.78 is 6.31. The molecule has 0 amide bonds. The molecule has 0 atom stereocenters. The second kappa shape index (κ2) is 8.61. The van der Waals surface area contributed by atoms with E-state index in [9.17, 15) is 14.4 Å². The predicted molar refractivity (Wildman–Crippen MR) is 106 cm³/mol. The van der Waals surface area contributed by atoms with Crippen LogP contribution in [0, 0.1) is 0 Å². The number of fused-ring (bicyclic) bond motifs is 1. The Morgan fingerprint density at radius 1 is 1.07 bits per heavy atom. The predicted octanol–water partition coefficient (Wildman–Crippen LogP) is 2.95. The number of carbonyl (C=O) groups excluding carboxylic acids is 2. The van der Waals surface area contributed by atoms with Gasteiger partial charge < -0.3 is 4.74 Å². The van der Waals surface area contributed by atoms with Crippen molar-refractivity contribution >= 4 is 22.7 Å². The van der Waals surface area contributed by atoms with Gasteiger partial charge in [0.2, 0.25) is 5.78 Å². The summed E-state index contributed by atoms with van der Waals surface area (Å²) in [4.78, 5) is 41.3. The van der Waals surface area contributed by atoms with Crippen LogP contribution < -0.4 is 5.56 Å². The molecule has 2 aromatic carbocycles. The number of ketones is 1. The van der Waals surface area contributed by atoms with Crippen molar-refractivity contribution in [1.29, 1.82) is 0 Å². The first kappa shape index (κ1) is 19.5. The van der Waals surface area contributed by atoms with E-state index in [1.165, 1.54) is 10.9 Å². The highest BCUT2D eigenvalue weighted by molar-refractivity contribution is 5.99. The quantitative estimate of drug-likeness (QED) is 0.467. The van der Waals surface area contributed by atoms with Gasteiger partial charge >= 0.3 is 5.97 Å². The normalized spacial score (nSPS) is 10.8. The highest BCUT2D eigenvalue weighted by atomic mass is 16.5. The van der Waals surface area contributed by atoms with Gasteiger partial charge in [0.1, 0.15) is 6.54 Å². The number of aromatic nitrogens is 2. The maximum atomic E-state index is 12.5. The zero-order valence-corrected chi connectivity index (χ0v) is 16.0. The number of rotatable bonds is 7. The van der Waals surface area contributed by atoms with Crippen LogP contribution in [0.15, 0.2) is 53.6 Å². The van der Waals surface area contributed by atoms with E-state index in [1.54, 1.807) is 24.3 Å². The van der Waals surface area contributed by atoms with Crippen LogP contribution in [0.2, 0.25) is 0 Å². The lowest BCUT2D eigenvalue weighted by Gasteiger charge is -2.10. The topological polar surface area (TPSA) is 78.3 Å². The first-order valence-corrected chi connectivity index (χ1v) is 9.28. The molecule has 144 valence electrons. The van der Waals surface area contributed by atoms with Gasteiger partial charge in [-0.05, 0) is 42.2 Å². The van der Waals surface area contributed by atoms with E-state index in [-0.39, 0.29) is 24.5 Å². The second-order valence-electron chi connectivity index (χ2n) is 6.48. The number of Topliss-reactive ketones (excluding diaryl/α,β-unsaturated/α-hetero) is 1. The number of para-hydroxylation sites is 1. The third kappa shape index (κ3) is 4.17. The number of carbonyl (C=O) groups is 2. The summed E-state index contributed by atoms with van der Waals surface area (Å²) in [5, 5.41) is 0.429. The molecule has 0 aliphatic rings. The lowest BCUT2D eigenvalue weighted by Crippen LogP contribution is -2.27. The van der Waals surface area contributed by atoms with Crippen molar-refractivity contribution in [1.82, 2.24) is 9.55 Å². The van der Waals surface area contributed by atoms with E-state index in [2.05, 4.69) is 4.98 Å². The molecule has 0 radical (unpaired) electrons. The highest BCUT2D eigenvalue weighted by Crippen LogP contribution is 2.15. The smallest absolute Gasteiger partial charge is 0.326 e.